The number of nitrogens with one attached hydrogen (secondary N) is 1. The molecule has 1 amide bonds. The lowest BCUT2D eigenvalue weighted by molar-refractivity contribution is 0.0736. The van der Waals surface area contributed by atoms with Crippen LogP contribution in [0, 0.1) is 12.7 Å². The molecular weight excluding hydrogens is 221 g/mol. The van der Waals surface area contributed by atoms with Crippen LogP contribution in [0.5, 0.6) is 0 Å². The first-order valence-corrected chi connectivity index (χ1v) is 5.65. The number of piperazine rings is 1. The maximum Gasteiger partial charge on any atom is 0.256 e. The maximum atomic E-state index is 13.5. The number of hydrogen-bond donors (Lipinski definition) is 2. The van der Waals surface area contributed by atoms with Crippen molar-refractivity contribution in [3.05, 3.63) is 29.1 Å². The van der Waals surface area contributed by atoms with Crippen LogP contribution in [0.4, 0.5) is 10.1 Å². The smallest absolute Gasteiger partial charge is 0.256 e. The Labute approximate surface area is 99.6 Å². The molecule has 2 rings (SSSR count). The molecule has 0 aromatic heterocycles. The van der Waals surface area contributed by atoms with E-state index in [1.165, 1.54) is 6.07 Å². The number of hydrogen-bond acceptors (Lipinski definition) is 3. The molecule has 0 aliphatic carbocycles. The number of amides is 1. The van der Waals surface area contributed by atoms with E-state index in [-0.39, 0.29) is 17.2 Å². The first kappa shape index (κ1) is 11.9. The molecule has 1 aliphatic heterocycles. The Hall–Kier alpha value is -1.62. The zero-order valence-corrected chi connectivity index (χ0v) is 9.79. The molecule has 1 aromatic carbocycles. The number of rotatable bonds is 1. The van der Waals surface area contributed by atoms with Crippen molar-refractivity contribution in [2.24, 2.45) is 0 Å². The predicted octanol–water partition coefficient (Wildman–Crippen LogP) is 0.762. The second-order valence-electron chi connectivity index (χ2n) is 4.25. The number of nitrogens with zero attached hydrogens (tertiary/aromatic N) is 1. The molecule has 92 valence electrons. The van der Waals surface area contributed by atoms with E-state index in [0.29, 0.717) is 18.7 Å². The average molecular weight is 237 g/mol. The third-order valence-electron chi connectivity index (χ3n) is 2.91. The van der Waals surface area contributed by atoms with Crippen LogP contribution in [0.2, 0.25) is 0 Å². The Morgan fingerprint density at radius 2 is 2.06 bits per heavy atom. The number of nitrogen functional groups attached to an aromatic ring is 1. The Morgan fingerprint density at radius 3 is 2.71 bits per heavy atom. The summed E-state index contributed by atoms with van der Waals surface area (Å²) in [5, 5.41) is 3.16. The lowest BCUT2D eigenvalue weighted by atomic mass is 10.1. The topological polar surface area (TPSA) is 58.4 Å². The molecule has 1 heterocycles. The zero-order valence-electron chi connectivity index (χ0n) is 9.79. The van der Waals surface area contributed by atoms with Gasteiger partial charge in [0.2, 0.25) is 0 Å². The summed E-state index contributed by atoms with van der Waals surface area (Å²) in [6.07, 6.45) is 0. The third-order valence-corrected chi connectivity index (χ3v) is 2.91. The van der Waals surface area contributed by atoms with Gasteiger partial charge >= 0.3 is 0 Å². The highest BCUT2D eigenvalue weighted by Crippen LogP contribution is 2.20. The maximum absolute atomic E-state index is 13.5. The fourth-order valence-corrected chi connectivity index (χ4v) is 1.97. The highest BCUT2D eigenvalue weighted by Gasteiger charge is 2.21. The van der Waals surface area contributed by atoms with Crippen LogP contribution in [0.25, 0.3) is 0 Å². The van der Waals surface area contributed by atoms with E-state index in [0.717, 1.165) is 13.1 Å². The van der Waals surface area contributed by atoms with Crippen LogP contribution in [0.3, 0.4) is 0 Å². The van der Waals surface area contributed by atoms with E-state index in [1.54, 1.807) is 17.9 Å². The van der Waals surface area contributed by atoms with Gasteiger partial charge in [-0.2, -0.15) is 0 Å². The van der Waals surface area contributed by atoms with Crippen molar-refractivity contribution in [3.8, 4) is 0 Å². The molecule has 1 aliphatic rings. The molecular formula is C12H16FN3O. The monoisotopic (exact) mass is 237 g/mol. The van der Waals surface area contributed by atoms with Gasteiger partial charge in [0.05, 0.1) is 11.3 Å². The molecule has 17 heavy (non-hydrogen) atoms. The molecule has 0 radical (unpaired) electrons. The van der Waals surface area contributed by atoms with Gasteiger partial charge in [0.15, 0.2) is 0 Å². The van der Waals surface area contributed by atoms with Gasteiger partial charge in [0, 0.05) is 26.2 Å². The molecule has 1 saturated heterocycles. The van der Waals surface area contributed by atoms with Crippen molar-refractivity contribution in [3.63, 3.8) is 0 Å². The Morgan fingerprint density at radius 1 is 1.41 bits per heavy atom. The van der Waals surface area contributed by atoms with E-state index in [1.807, 2.05) is 0 Å². The molecule has 0 bridgehead atoms. The first-order chi connectivity index (χ1) is 8.09. The first-order valence-electron chi connectivity index (χ1n) is 5.65. The Bertz CT molecular complexity index is 442. The van der Waals surface area contributed by atoms with Crippen molar-refractivity contribution >= 4 is 11.6 Å². The molecule has 5 heteroatoms. The number of benzene rings is 1. The lowest BCUT2D eigenvalue weighted by Crippen LogP contribution is -2.46. The van der Waals surface area contributed by atoms with Crippen LogP contribution in [-0.4, -0.2) is 37.0 Å². The number of carbonyl (C=O) groups excluding carboxylic acids is 1. The fraction of sp³-hybridized carbons (Fsp3) is 0.417. The van der Waals surface area contributed by atoms with E-state index >= 15 is 0 Å². The Kier molecular flexibility index (Phi) is 3.28. The van der Waals surface area contributed by atoms with Gasteiger partial charge in [0.25, 0.3) is 5.91 Å². The average Bonchev–Trinajstić information content (AvgIpc) is 2.34. The van der Waals surface area contributed by atoms with Crippen molar-refractivity contribution in [2.75, 3.05) is 31.9 Å². The molecule has 0 spiro atoms. The van der Waals surface area contributed by atoms with E-state index < -0.39 is 5.82 Å². The van der Waals surface area contributed by atoms with Gasteiger partial charge in [-0.25, -0.2) is 4.39 Å². The Balaban J connectivity index is 2.29. The van der Waals surface area contributed by atoms with Crippen LogP contribution in [0.15, 0.2) is 12.1 Å². The van der Waals surface area contributed by atoms with Gasteiger partial charge in [-0.05, 0) is 24.6 Å². The molecule has 3 N–H and O–H groups in total. The van der Waals surface area contributed by atoms with E-state index in [2.05, 4.69) is 5.32 Å². The third kappa shape index (κ3) is 2.39. The lowest BCUT2D eigenvalue weighted by Gasteiger charge is -2.28. The summed E-state index contributed by atoms with van der Waals surface area (Å²) in [6.45, 7) is 4.54. The molecule has 0 saturated carbocycles. The molecule has 1 fully saturated rings. The van der Waals surface area contributed by atoms with Crippen molar-refractivity contribution in [1.29, 1.82) is 0 Å². The van der Waals surface area contributed by atoms with Crippen molar-refractivity contribution in [1.82, 2.24) is 10.2 Å². The van der Waals surface area contributed by atoms with Gasteiger partial charge in [0.1, 0.15) is 5.82 Å². The number of halogens is 1. The minimum Gasteiger partial charge on any atom is -0.396 e. The van der Waals surface area contributed by atoms with E-state index in [4.69, 9.17) is 5.73 Å². The summed E-state index contributed by atoms with van der Waals surface area (Å²) in [6, 6.07) is 2.98. The predicted molar refractivity (Wildman–Crippen MR) is 64.3 cm³/mol. The summed E-state index contributed by atoms with van der Waals surface area (Å²) >= 11 is 0. The summed E-state index contributed by atoms with van der Waals surface area (Å²) in [5.74, 6) is -0.713. The van der Waals surface area contributed by atoms with Gasteiger partial charge in [-0.1, -0.05) is 0 Å². The summed E-state index contributed by atoms with van der Waals surface area (Å²) < 4.78 is 13.5. The van der Waals surface area contributed by atoms with Crippen LogP contribution >= 0.6 is 0 Å². The highest BCUT2D eigenvalue weighted by atomic mass is 19.1. The SMILES string of the molecule is Cc1cc(F)c(N)c(C(=O)N2CCNCC2)c1. The molecule has 4 nitrogen and oxygen atoms in total. The number of nitrogens with two attached hydrogens (primary N) is 1. The van der Waals surface area contributed by atoms with E-state index in [9.17, 15) is 9.18 Å². The minimum absolute atomic E-state index is 0.0564. The molecule has 1 aromatic rings. The standard InChI is InChI=1S/C12H16FN3O/c1-8-6-9(11(14)10(13)7-8)12(17)16-4-2-15-3-5-16/h6-7,15H,2-5,14H2,1H3. The molecule has 0 atom stereocenters. The second kappa shape index (κ2) is 4.71. The van der Waals surface area contributed by atoms with Crippen LogP contribution in [0.1, 0.15) is 15.9 Å². The van der Waals surface area contributed by atoms with Crippen molar-refractivity contribution < 1.29 is 9.18 Å². The van der Waals surface area contributed by atoms with Gasteiger partial charge in [-0.15, -0.1) is 0 Å². The van der Waals surface area contributed by atoms with Crippen molar-refractivity contribution in [2.45, 2.75) is 6.92 Å². The number of anilines is 1. The summed E-state index contributed by atoms with van der Waals surface area (Å²) in [7, 11) is 0. The summed E-state index contributed by atoms with van der Waals surface area (Å²) in [4.78, 5) is 13.9. The number of carbonyl (C=O) groups is 1. The van der Waals surface area contributed by atoms with Gasteiger partial charge < -0.3 is 16.0 Å². The minimum atomic E-state index is -0.525. The van der Waals surface area contributed by atoms with Gasteiger partial charge in [-0.3, -0.25) is 4.79 Å². The normalized spacial score (nSPS) is 16.0. The quantitative estimate of drug-likeness (QED) is 0.709. The summed E-state index contributed by atoms with van der Waals surface area (Å²) in [5.41, 5.74) is 6.54. The molecule has 0 unspecified atom stereocenters. The largest absolute Gasteiger partial charge is 0.396 e. The zero-order chi connectivity index (χ0) is 12.4. The van der Waals surface area contributed by atoms with Crippen LogP contribution in [-0.2, 0) is 0 Å². The fourth-order valence-electron chi connectivity index (χ4n) is 1.97. The number of aryl methyl sites for hydroxylation is 1. The second-order valence-corrected chi connectivity index (χ2v) is 4.25. The highest BCUT2D eigenvalue weighted by molar-refractivity contribution is 5.99. The van der Waals surface area contributed by atoms with Crippen LogP contribution < -0.4 is 11.1 Å².